The molecule has 126 valence electrons. The van der Waals surface area contributed by atoms with Crippen molar-refractivity contribution in [1.29, 1.82) is 0 Å². The summed E-state index contributed by atoms with van der Waals surface area (Å²) in [6.45, 7) is 4.70. The fourth-order valence-electron chi connectivity index (χ4n) is 3.33. The molecule has 0 fully saturated rings. The van der Waals surface area contributed by atoms with Crippen LogP contribution in [0.25, 0.3) is 21.1 Å². The van der Waals surface area contributed by atoms with Crippen LogP contribution in [0.15, 0.2) is 47.7 Å². The van der Waals surface area contributed by atoms with Gasteiger partial charge in [-0.2, -0.15) is 0 Å². The van der Waals surface area contributed by atoms with Gasteiger partial charge in [-0.1, -0.05) is 37.6 Å². The van der Waals surface area contributed by atoms with Crippen molar-refractivity contribution in [2.45, 2.75) is 33.2 Å². The van der Waals surface area contributed by atoms with Crippen LogP contribution in [0.4, 0.5) is 0 Å². The molecule has 0 bridgehead atoms. The Balaban J connectivity index is 1.86. The summed E-state index contributed by atoms with van der Waals surface area (Å²) in [6.07, 6.45) is 5.40. The molecular formula is C20H19N3OS. The summed E-state index contributed by atoms with van der Waals surface area (Å²) < 4.78 is 1.71. The summed E-state index contributed by atoms with van der Waals surface area (Å²) >= 11 is 1.61. The SMILES string of the molecule is CCCc1c(C)sc2ncn(Cc3cccc4cccnc34)c(=O)c12. The summed E-state index contributed by atoms with van der Waals surface area (Å²) in [5, 5.41) is 1.88. The van der Waals surface area contributed by atoms with E-state index in [9.17, 15) is 4.79 Å². The number of hydrogen-bond donors (Lipinski definition) is 0. The maximum absolute atomic E-state index is 13.1. The first-order valence-corrected chi connectivity index (χ1v) is 9.30. The fraction of sp³-hybridized carbons (Fsp3) is 0.250. The predicted octanol–water partition coefficient (Wildman–Crippen LogP) is 4.32. The van der Waals surface area contributed by atoms with Crippen LogP contribution in [0, 0.1) is 6.92 Å². The second kappa shape index (κ2) is 6.41. The van der Waals surface area contributed by atoms with E-state index in [1.165, 1.54) is 4.88 Å². The van der Waals surface area contributed by atoms with Crippen LogP contribution in [0.1, 0.15) is 29.3 Å². The number of nitrogens with zero attached hydrogens (tertiary/aromatic N) is 3. The Labute approximate surface area is 149 Å². The first-order chi connectivity index (χ1) is 12.2. The number of aryl methyl sites for hydroxylation is 2. The third-order valence-corrected chi connectivity index (χ3v) is 5.59. The number of hydrogen-bond acceptors (Lipinski definition) is 4. The lowest BCUT2D eigenvalue weighted by Gasteiger charge is -2.08. The molecule has 25 heavy (non-hydrogen) atoms. The summed E-state index contributed by atoms with van der Waals surface area (Å²) in [4.78, 5) is 24.2. The predicted molar refractivity (Wildman–Crippen MR) is 103 cm³/mol. The van der Waals surface area contributed by atoms with Crippen LogP contribution in [0.5, 0.6) is 0 Å². The summed E-state index contributed by atoms with van der Waals surface area (Å²) in [5.41, 5.74) is 3.17. The van der Waals surface area contributed by atoms with Gasteiger partial charge in [-0.15, -0.1) is 11.3 Å². The van der Waals surface area contributed by atoms with E-state index < -0.39 is 0 Å². The highest BCUT2D eigenvalue weighted by molar-refractivity contribution is 7.18. The Morgan fingerprint density at radius 2 is 2.00 bits per heavy atom. The summed E-state index contributed by atoms with van der Waals surface area (Å²) in [6, 6.07) is 10.0. The minimum atomic E-state index is 0.0470. The Kier molecular flexibility index (Phi) is 4.09. The first-order valence-electron chi connectivity index (χ1n) is 8.49. The van der Waals surface area contributed by atoms with E-state index in [1.54, 1.807) is 28.4 Å². The minimum absolute atomic E-state index is 0.0470. The zero-order valence-electron chi connectivity index (χ0n) is 14.3. The van der Waals surface area contributed by atoms with Crippen LogP contribution in [-0.2, 0) is 13.0 Å². The molecule has 3 aromatic heterocycles. The van der Waals surface area contributed by atoms with Crippen LogP contribution >= 0.6 is 11.3 Å². The highest BCUT2D eigenvalue weighted by Gasteiger charge is 2.15. The van der Waals surface area contributed by atoms with E-state index in [2.05, 4.69) is 23.8 Å². The first kappa shape index (κ1) is 16.0. The molecule has 0 saturated heterocycles. The van der Waals surface area contributed by atoms with Crippen molar-refractivity contribution in [3.63, 3.8) is 0 Å². The minimum Gasteiger partial charge on any atom is -0.294 e. The third kappa shape index (κ3) is 2.74. The van der Waals surface area contributed by atoms with Crippen LogP contribution < -0.4 is 5.56 Å². The lowest BCUT2D eigenvalue weighted by atomic mass is 10.1. The average Bonchev–Trinajstić information content (AvgIpc) is 2.94. The van der Waals surface area contributed by atoms with Gasteiger partial charge in [0, 0.05) is 16.5 Å². The second-order valence-electron chi connectivity index (χ2n) is 6.24. The van der Waals surface area contributed by atoms with Gasteiger partial charge < -0.3 is 0 Å². The van der Waals surface area contributed by atoms with Crippen molar-refractivity contribution in [2.75, 3.05) is 0 Å². The molecule has 0 aliphatic rings. The van der Waals surface area contributed by atoms with Crippen LogP contribution in [0.3, 0.4) is 0 Å². The molecule has 0 saturated carbocycles. The maximum Gasteiger partial charge on any atom is 0.262 e. The number of pyridine rings is 1. The third-order valence-electron chi connectivity index (χ3n) is 4.54. The lowest BCUT2D eigenvalue weighted by Crippen LogP contribution is -2.21. The van der Waals surface area contributed by atoms with E-state index in [4.69, 9.17) is 0 Å². The summed E-state index contributed by atoms with van der Waals surface area (Å²) in [7, 11) is 0. The molecule has 1 aromatic carbocycles. The second-order valence-corrected chi connectivity index (χ2v) is 7.44. The largest absolute Gasteiger partial charge is 0.294 e. The Morgan fingerprint density at radius 1 is 1.16 bits per heavy atom. The molecule has 0 aliphatic heterocycles. The van der Waals surface area contributed by atoms with Gasteiger partial charge in [-0.25, -0.2) is 4.98 Å². The van der Waals surface area contributed by atoms with Gasteiger partial charge in [-0.3, -0.25) is 14.3 Å². The topological polar surface area (TPSA) is 47.8 Å². The van der Waals surface area contributed by atoms with E-state index in [0.29, 0.717) is 6.54 Å². The zero-order valence-corrected chi connectivity index (χ0v) is 15.1. The highest BCUT2D eigenvalue weighted by atomic mass is 32.1. The molecule has 0 spiro atoms. The molecule has 4 rings (SSSR count). The molecule has 0 aliphatic carbocycles. The average molecular weight is 349 g/mol. The van der Waals surface area contributed by atoms with Gasteiger partial charge >= 0.3 is 0 Å². The molecule has 0 radical (unpaired) electrons. The standard InChI is InChI=1S/C20H19N3OS/c1-3-6-16-13(2)25-19-17(16)20(24)23(12-22-19)11-15-8-4-7-14-9-5-10-21-18(14)15/h4-5,7-10,12H,3,6,11H2,1-2H3. The van der Waals surface area contributed by atoms with Crippen molar-refractivity contribution in [3.8, 4) is 0 Å². The molecule has 0 N–H and O–H groups in total. The Morgan fingerprint density at radius 3 is 2.84 bits per heavy atom. The lowest BCUT2D eigenvalue weighted by molar-refractivity contribution is 0.751. The Bertz CT molecular complexity index is 1120. The number of aromatic nitrogens is 3. The monoisotopic (exact) mass is 349 g/mol. The van der Waals surface area contributed by atoms with Gasteiger partial charge in [0.15, 0.2) is 0 Å². The van der Waals surface area contributed by atoms with Gasteiger partial charge in [0.2, 0.25) is 0 Å². The highest BCUT2D eigenvalue weighted by Crippen LogP contribution is 2.28. The van der Waals surface area contributed by atoms with E-state index in [1.807, 2.05) is 30.3 Å². The van der Waals surface area contributed by atoms with E-state index >= 15 is 0 Å². The zero-order chi connectivity index (χ0) is 17.4. The number of rotatable bonds is 4. The van der Waals surface area contributed by atoms with Crippen molar-refractivity contribution in [1.82, 2.24) is 14.5 Å². The molecule has 0 atom stereocenters. The van der Waals surface area contributed by atoms with E-state index in [0.717, 1.165) is 45.1 Å². The summed E-state index contributed by atoms with van der Waals surface area (Å²) in [5.74, 6) is 0. The van der Waals surface area contributed by atoms with Crippen molar-refractivity contribution in [2.24, 2.45) is 0 Å². The fourth-order valence-corrected chi connectivity index (χ4v) is 4.36. The number of fused-ring (bicyclic) bond motifs is 2. The van der Waals surface area contributed by atoms with Gasteiger partial charge in [0.1, 0.15) is 4.83 Å². The van der Waals surface area contributed by atoms with Crippen molar-refractivity contribution in [3.05, 3.63) is 69.2 Å². The molecule has 4 nitrogen and oxygen atoms in total. The molecule has 0 amide bonds. The number of benzene rings is 1. The molecular weight excluding hydrogens is 330 g/mol. The van der Waals surface area contributed by atoms with Crippen molar-refractivity contribution >= 4 is 32.5 Å². The Hall–Kier alpha value is -2.53. The molecule has 5 heteroatoms. The number of para-hydroxylation sites is 1. The van der Waals surface area contributed by atoms with Gasteiger partial charge in [0.25, 0.3) is 5.56 Å². The van der Waals surface area contributed by atoms with Crippen molar-refractivity contribution < 1.29 is 0 Å². The van der Waals surface area contributed by atoms with Gasteiger partial charge in [0.05, 0.1) is 23.8 Å². The quantitative estimate of drug-likeness (QED) is 0.551. The molecule has 4 aromatic rings. The molecule has 0 unspecified atom stereocenters. The smallest absolute Gasteiger partial charge is 0.262 e. The normalized spacial score (nSPS) is 11.4. The van der Waals surface area contributed by atoms with E-state index in [-0.39, 0.29) is 5.56 Å². The van der Waals surface area contributed by atoms with Crippen LogP contribution in [-0.4, -0.2) is 14.5 Å². The maximum atomic E-state index is 13.1. The molecule has 3 heterocycles. The van der Waals surface area contributed by atoms with Crippen LogP contribution in [0.2, 0.25) is 0 Å². The number of thiophene rings is 1. The van der Waals surface area contributed by atoms with Gasteiger partial charge in [-0.05, 0) is 30.5 Å².